The molecule has 7 nitrogen and oxygen atoms in total. The van der Waals surface area contributed by atoms with Crippen molar-refractivity contribution in [3.63, 3.8) is 0 Å². The Hall–Kier alpha value is -1.67. The van der Waals surface area contributed by atoms with Crippen molar-refractivity contribution in [2.24, 2.45) is 0 Å². The second-order valence-electron chi connectivity index (χ2n) is 4.73. The first-order chi connectivity index (χ1) is 8.95. The second kappa shape index (κ2) is 4.17. The van der Waals surface area contributed by atoms with Gasteiger partial charge in [-0.1, -0.05) is 0 Å². The van der Waals surface area contributed by atoms with E-state index in [4.69, 9.17) is 5.73 Å². The molecule has 3 rings (SSSR count). The summed E-state index contributed by atoms with van der Waals surface area (Å²) in [4.78, 5) is 8.60. The third kappa shape index (κ3) is 2.17. The van der Waals surface area contributed by atoms with Gasteiger partial charge in [-0.05, 0) is 13.3 Å². The van der Waals surface area contributed by atoms with Crippen LogP contribution in [0.3, 0.4) is 0 Å². The predicted octanol–water partition coefficient (Wildman–Crippen LogP) is 0.155. The molecule has 2 N–H and O–H groups in total. The van der Waals surface area contributed by atoms with Crippen molar-refractivity contribution in [3.05, 3.63) is 23.8 Å². The minimum Gasteiger partial charge on any atom is -0.382 e. The number of aromatic nitrogens is 3. The minimum absolute atomic E-state index is 0.214. The summed E-state index contributed by atoms with van der Waals surface area (Å²) in [6.07, 6.45) is 4.19. The van der Waals surface area contributed by atoms with Crippen molar-refractivity contribution < 1.29 is 8.42 Å². The summed E-state index contributed by atoms with van der Waals surface area (Å²) in [7, 11) is -3.13. The zero-order chi connectivity index (χ0) is 13.6. The molecule has 1 aliphatic rings. The average Bonchev–Trinajstić information content (AvgIpc) is 2.81. The quantitative estimate of drug-likeness (QED) is 0.846. The lowest BCUT2D eigenvalue weighted by molar-refractivity contribution is 0.435. The van der Waals surface area contributed by atoms with E-state index in [1.165, 1.54) is 4.31 Å². The number of nitrogens with two attached hydrogens (primary N) is 1. The molecule has 1 fully saturated rings. The van der Waals surface area contributed by atoms with E-state index in [0.29, 0.717) is 30.1 Å². The topological polar surface area (TPSA) is 93.6 Å². The fourth-order valence-corrected chi connectivity index (χ4v) is 3.84. The monoisotopic (exact) mass is 281 g/mol. The molecule has 0 spiro atoms. The molecule has 102 valence electrons. The van der Waals surface area contributed by atoms with Gasteiger partial charge in [-0.2, -0.15) is 4.31 Å². The van der Waals surface area contributed by atoms with Crippen LogP contribution in [0.15, 0.2) is 12.4 Å². The van der Waals surface area contributed by atoms with Gasteiger partial charge in [0, 0.05) is 12.7 Å². The van der Waals surface area contributed by atoms with Crippen LogP contribution in [0.5, 0.6) is 0 Å². The van der Waals surface area contributed by atoms with Crippen molar-refractivity contribution in [2.45, 2.75) is 19.9 Å². The van der Waals surface area contributed by atoms with Crippen molar-refractivity contribution in [1.29, 1.82) is 0 Å². The lowest BCUT2D eigenvalue weighted by Gasteiger charge is -2.14. The van der Waals surface area contributed by atoms with Crippen molar-refractivity contribution >= 4 is 21.5 Å². The molecule has 1 aliphatic heterocycles. The number of hydrogen-bond donors (Lipinski definition) is 1. The molecule has 0 radical (unpaired) electrons. The van der Waals surface area contributed by atoms with Crippen LogP contribution in [0.4, 0.5) is 5.82 Å². The van der Waals surface area contributed by atoms with Crippen LogP contribution in [0.2, 0.25) is 0 Å². The molecule has 3 heterocycles. The predicted molar refractivity (Wildman–Crippen MR) is 71.0 cm³/mol. The van der Waals surface area contributed by atoms with Crippen LogP contribution in [-0.2, 0) is 16.6 Å². The maximum atomic E-state index is 11.8. The lowest BCUT2D eigenvalue weighted by atomic mass is 10.3. The maximum Gasteiger partial charge on any atom is 0.214 e. The number of nitrogen functional groups attached to an aromatic ring is 1. The van der Waals surface area contributed by atoms with E-state index in [1.54, 1.807) is 10.6 Å². The summed E-state index contributed by atoms with van der Waals surface area (Å²) in [6.45, 7) is 2.65. The van der Waals surface area contributed by atoms with E-state index in [2.05, 4.69) is 9.97 Å². The van der Waals surface area contributed by atoms with Crippen molar-refractivity contribution in [3.8, 4) is 0 Å². The first kappa shape index (κ1) is 12.4. The largest absolute Gasteiger partial charge is 0.382 e. The smallest absolute Gasteiger partial charge is 0.214 e. The van der Waals surface area contributed by atoms with Gasteiger partial charge in [-0.25, -0.2) is 13.4 Å². The van der Waals surface area contributed by atoms with E-state index in [-0.39, 0.29) is 12.3 Å². The Balaban J connectivity index is 2.05. The van der Waals surface area contributed by atoms with Crippen LogP contribution in [0, 0.1) is 6.92 Å². The molecule has 0 unspecified atom stereocenters. The molecule has 0 bridgehead atoms. The third-order valence-corrected chi connectivity index (χ3v) is 5.08. The van der Waals surface area contributed by atoms with Gasteiger partial charge in [-0.3, -0.25) is 4.98 Å². The summed E-state index contributed by atoms with van der Waals surface area (Å²) in [5.74, 6) is 0.615. The molecular formula is C11H15N5O2S. The molecular weight excluding hydrogens is 266 g/mol. The SMILES string of the molecule is Cc1cn2cc(N)nc2c(CN2CCCS2(=O)=O)n1. The molecule has 2 aromatic heterocycles. The molecule has 19 heavy (non-hydrogen) atoms. The van der Waals surface area contributed by atoms with Gasteiger partial charge < -0.3 is 10.1 Å². The zero-order valence-corrected chi connectivity index (χ0v) is 11.4. The molecule has 8 heteroatoms. The summed E-state index contributed by atoms with van der Waals surface area (Å²) in [5.41, 5.74) is 7.74. The fraction of sp³-hybridized carbons (Fsp3) is 0.455. The standard InChI is InChI=1S/C11H15N5O2S/c1-8-5-15-7-10(12)14-11(15)9(13-8)6-16-3-2-4-19(16,17)18/h5,7H,2-4,6,12H2,1H3. The Morgan fingerprint density at radius 1 is 1.37 bits per heavy atom. The third-order valence-electron chi connectivity index (χ3n) is 3.18. The number of imidazole rings is 1. The Kier molecular flexibility index (Phi) is 2.72. The second-order valence-corrected chi connectivity index (χ2v) is 6.82. The maximum absolute atomic E-state index is 11.8. The first-order valence-corrected chi connectivity index (χ1v) is 7.65. The van der Waals surface area contributed by atoms with Gasteiger partial charge in [0.25, 0.3) is 0 Å². The van der Waals surface area contributed by atoms with E-state index in [0.717, 1.165) is 5.69 Å². The molecule has 1 saturated heterocycles. The summed E-state index contributed by atoms with van der Waals surface area (Å²) >= 11 is 0. The Labute approximate surface area is 111 Å². The number of hydrogen-bond acceptors (Lipinski definition) is 5. The molecule has 0 amide bonds. The molecule has 0 aromatic carbocycles. The molecule has 0 atom stereocenters. The molecule has 2 aromatic rings. The van der Waals surface area contributed by atoms with Crippen LogP contribution in [0.25, 0.3) is 5.65 Å². The number of rotatable bonds is 2. The number of nitrogens with zero attached hydrogens (tertiary/aromatic N) is 4. The Bertz CT molecular complexity index is 737. The van der Waals surface area contributed by atoms with Crippen LogP contribution in [0.1, 0.15) is 17.8 Å². The molecule has 0 aliphatic carbocycles. The highest BCUT2D eigenvalue weighted by atomic mass is 32.2. The number of sulfonamides is 1. The first-order valence-electron chi connectivity index (χ1n) is 6.04. The van der Waals surface area contributed by atoms with Crippen LogP contribution in [-0.4, -0.2) is 39.4 Å². The summed E-state index contributed by atoms with van der Waals surface area (Å²) in [5, 5.41) is 0. The zero-order valence-electron chi connectivity index (χ0n) is 10.6. The van der Waals surface area contributed by atoms with Crippen molar-refractivity contribution in [2.75, 3.05) is 18.0 Å². The fourth-order valence-electron chi connectivity index (χ4n) is 2.36. The normalized spacial score (nSPS) is 19.2. The Morgan fingerprint density at radius 3 is 2.84 bits per heavy atom. The van der Waals surface area contributed by atoms with Crippen LogP contribution >= 0.6 is 0 Å². The van der Waals surface area contributed by atoms with Crippen molar-refractivity contribution in [1.82, 2.24) is 18.7 Å². The van der Waals surface area contributed by atoms with Gasteiger partial charge >= 0.3 is 0 Å². The van der Waals surface area contributed by atoms with Gasteiger partial charge in [0.1, 0.15) is 5.82 Å². The van der Waals surface area contributed by atoms with Gasteiger partial charge in [0.15, 0.2) is 5.65 Å². The van der Waals surface area contributed by atoms with E-state index in [1.807, 2.05) is 13.1 Å². The van der Waals surface area contributed by atoms with E-state index in [9.17, 15) is 8.42 Å². The summed E-state index contributed by atoms with van der Waals surface area (Å²) in [6, 6.07) is 0. The highest BCUT2D eigenvalue weighted by Gasteiger charge is 2.29. The van der Waals surface area contributed by atoms with E-state index < -0.39 is 10.0 Å². The average molecular weight is 281 g/mol. The van der Waals surface area contributed by atoms with Gasteiger partial charge in [-0.15, -0.1) is 0 Å². The van der Waals surface area contributed by atoms with Crippen LogP contribution < -0.4 is 5.73 Å². The highest BCUT2D eigenvalue weighted by Crippen LogP contribution is 2.19. The molecule has 0 saturated carbocycles. The lowest BCUT2D eigenvalue weighted by Crippen LogP contribution is -2.26. The van der Waals surface area contributed by atoms with E-state index >= 15 is 0 Å². The summed E-state index contributed by atoms with van der Waals surface area (Å²) < 4.78 is 26.9. The number of aryl methyl sites for hydroxylation is 1. The Morgan fingerprint density at radius 2 is 2.16 bits per heavy atom. The van der Waals surface area contributed by atoms with Gasteiger partial charge in [0.2, 0.25) is 10.0 Å². The number of anilines is 1. The number of fused-ring (bicyclic) bond motifs is 1. The minimum atomic E-state index is -3.13. The highest BCUT2D eigenvalue weighted by molar-refractivity contribution is 7.89. The van der Waals surface area contributed by atoms with Gasteiger partial charge in [0.05, 0.1) is 29.9 Å².